The molecule has 3 heteroatoms. The highest BCUT2D eigenvalue weighted by molar-refractivity contribution is 5.85. The molecule has 0 aliphatic heterocycles. The van der Waals surface area contributed by atoms with Crippen molar-refractivity contribution in [3.8, 4) is 0 Å². The Morgan fingerprint density at radius 2 is 1.80 bits per heavy atom. The van der Waals surface area contributed by atoms with Crippen molar-refractivity contribution >= 4 is 16.5 Å². The van der Waals surface area contributed by atoms with Crippen LogP contribution in [0.1, 0.15) is 13.8 Å². The summed E-state index contributed by atoms with van der Waals surface area (Å²) < 4.78 is 5.43. The highest BCUT2D eigenvalue weighted by Gasteiger charge is 2.05. The number of ether oxygens (including phenoxy) is 1. The number of fused-ring (bicyclic) bond motifs is 1. The average molecular weight is 273 g/mol. The van der Waals surface area contributed by atoms with Crippen molar-refractivity contribution in [3.63, 3.8) is 0 Å². The lowest BCUT2D eigenvalue weighted by Gasteiger charge is -2.14. The average Bonchev–Trinajstić information content (AvgIpc) is 2.44. The number of aliphatic hydroxyl groups excluding tert-OH is 1. The first-order chi connectivity index (χ1) is 9.65. The molecule has 1 atom stereocenters. The number of aliphatic hydroxyl groups is 1. The first kappa shape index (κ1) is 14.8. The van der Waals surface area contributed by atoms with Crippen LogP contribution >= 0.6 is 0 Å². The van der Waals surface area contributed by atoms with Gasteiger partial charge in [-0.2, -0.15) is 0 Å². The molecule has 2 rings (SSSR count). The second kappa shape index (κ2) is 7.27. The second-order valence-electron chi connectivity index (χ2n) is 5.53. The van der Waals surface area contributed by atoms with E-state index >= 15 is 0 Å². The largest absolute Gasteiger partial charge is 0.389 e. The summed E-state index contributed by atoms with van der Waals surface area (Å²) in [6.45, 7) is 5.75. The third-order valence-electron chi connectivity index (χ3n) is 3.05. The highest BCUT2D eigenvalue weighted by Crippen LogP contribution is 2.18. The zero-order valence-corrected chi connectivity index (χ0v) is 12.2. The van der Waals surface area contributed by atoms with Gasteiger partial charge in [-0.05, 0) is 28.8 Å². The second-order valence-corrected chi connectivity index (χ2v) is 5.53. The Morgan fingerprint density at radius 1 is 1.05 bits per heavy atom. The van der Waals surface area contributed by atoms with Crippen LogP contribution in [0.3, 0.4) is 0 Å². The molecule has 20 heavy (non-hydrogen) atoms. The summed E-state index contributed by atoms with van der Waals surface area (Å²) in [7, 11) is 0. The van der Waals surface area contributed by atoms with Crippen LogP contribution in [0.5, 0.6) is 0 Å². The van der Waals surface area contributed by atoms with Crippen LogP contribution in [0.25, 0.3) is 10.8 Å². The monoisotopic (exact) mass is 273 g/mol. The van der Waals surface area contributed by atoms with Gasteiger partial charge in [0.05, 0.1) is 12.7 Å². The van der Waals surface area contributed by atoms with Crippen LogP contribution < -0.4 is 5.32 Å². The molecule has 2 aromatic rings. The molecule has 0 aliphatic rings. The molecule has 0 saturated carbocycles. The van der Waals surface area contributed by atoms with Crippen molar-refractivity contribution in [2.45, 2.75) is 20.0 Å². The summed E-state index contributed by atoms with van der Waals surface area (Å²) in [5.74, 6) is 0.496. The number of anilines is 1. The maximum absolute atomic E-state index is 9.85. The van der Waals surface area contributed by atoms with Crippen LogP contribution in [0.2, 0.25) is 0 Å². The Bertz CT molecular complexity index is 539. The van der Waals surface area contributed by atoms with Crippen LogP contribution in [-0.2, 0) is 4.74 Å². The van der Waals surface area contributed by atoms with Gasteiger partial charge in [0.2, 0.25) is 0 Å². The molecule has 0 fully saturated rings. The Morgan fingerprint density at radius 3 is 2.55 bits per heavy atom. The SMILES string of the molecule is CC(C)COCC(O)CNc1ccc2ccccc2c1. The number of nitrogens with one attached hydrogen (secondary N) is 1. The Hall–Kier alpha value is -1.58. The van der Waals surface area contributed by atoms with Crippen LogP contribution in [0.4, 0.5) is 5.69 Å². The molecular formula is C17H23NO2. The number of hydrogen-bond donors (Lipinski definition) is 2. The van der Waals surface area contributed by atoms with Crippen molar-refractivity contribution in [1.82, 2.24) is 0 Å². The third-order valence-corrected chi connectivity index (χ3v) is 3.05. The topological polar surface area (TPSA) is 41.5 Å². The van der Waals surface area contributed by atoms with Crippen molar-refractivity contribution in [1.29, 1.82) is 0 Å². The number of rotatable bonds is 7. The minimum atomic E-state index is -0.486. The quantitative estimate of drug-likeness (QED) is 0.813. The molecule has 0 aromatic heterocycles. The molecule has 0 aliphatic carbocycles. The van der Waals surface area contributed by atoms with Crippen molar-refractivity contribution < 1.29 is 9.84 Å². The van der Waals surface area contributed by atoms with Gasteiger partial charge in [0, 0.05) is 18.8 Å². The molecule has 108 valence electrons. The van der Waals surface area contributed by atoms with E-state index in [2.05, 4.69) is 43.4 Å². The van der Waals surface area contributed by atoms with E-state index in [1.807, 2.05) is 18.2 Å². The van der Waals surface area contributed by atoms with E-state index in [9.17, 15) is 5.11 Å². The molecule has 0 saturated heterocycles. The molecule has 3 nitrogen and oxygen atoms in total. The van der Waals surface area contributed by atoms with Crippen molar-refractivity contribution in [2.24, 2.45) is 5.92 Å². The Kier molecular flexibility index (Phi) is 5.39. The minimum Gasteiger partial charge on any atom is -0.389 e. The molecule has 0 spiro atoms. The molecule has 1 unspecified atom stereocenters. The number of hydrogen-bond acceptors (Lipinski definition) is 3. The Balaban J connectivity index is 1.83. The molecule has 2 N–H and O–H groups in total. The van der Waals surface area contributed by atoms with E-state index < -0.39 is 6.10 Å². The molecule has 0 radical (unpaired) electrons. The zero-order chi connectivity index (χ0) is 14.4. The van der Waals surface area contributed by atoms with Gasteiger partial charge in [-0.1, -0.05) is 44.2 Å². The summed E-state index contributed by atoms with van der Waals surface area (Å²) in [4.78, 5) is 0. The van der Waals surface area contributed by atoms with Gasteiger partial charge in [0.1, 0.15) is 0 Å². The van der Waals surface area contributed by atoms with Crippen LogP contribution in [-0.4, -0.2) is 31.0 Å². The van der Waals surface area contributed by atoms with Crippen molar-refractivity contribution in [2.75, 3.05) is 25.1 Å². The van der Waals surface area contributed by atoms with Crippen LogP contribution in [0.15, 0.2) is 42.5 Å². The smallest absolute Gasteiger partial charge is 0.0945 e. The summed E-state index contributed by atoms with van der Waals surface area (Å²) in [6.07, 6.45) is -0.486. The van der Waals surface area contributed by atoms with E-state index in [1.54, 1.807) is 0 Å². The van der Waals surface area contributed by atoms with Gasteiger partial charge in [-0.3, -0.25) is 0 Å². The van der Waals surface area contributed by atoms with Gasteiger partial charge in [0.25, 0.3) is 0 Å². The highest BCUT2D eigenvalue weighted by atomic mass is 16.5. The van der Waals surface area contributed by atoms with E-state index in [0.29, 0.717) is 25.7 Å². The maximum atomic E-state index is 9.85. The standard InChI is InChI=1S/C17H23NO2/c1-13(2)11-20-12-17(19)10-18-16-8-7-14-5-3-4-6-15(14)9-16/h3-9,13,17-19H,10-12H2,1-2H3. The third kappa shape index (κ3) is 4.51. The van der Waals surface area contributed by atoms with Gasteiger partial charge >= 0.3 is 0 Å². The first-order valence-corrected chi connectivity index (χ1v) is 7.13. The summed E-state index contributed by atoms with van der Waals surface area (Å²) in [6, 6.07) is 14.4. The van der Waals surface area contributed by atoms with Gasteiger partial charge in [-0.15, -0.1) is 0 Å². The molecule has 2 aromatic carbocycles. The predicted molar refractivity (Wildman–Crippen MR) is 84.1 cm³/mol. The van der Waals surface area contributed by atoms with Gasteiger partial charge in [-0.25, -0.2) is 0 Å². The Labute approximate surface area is 120 Å². The van der Waals surface area contributed by atoms with Gasteiger partial charge in [0.15, 0.2) is 0 Å². The minimum absolute atomic E-state index is 0.374. The normalized spacial score (nSPS) is 12.8. The lowest BCUT2D eigenvalue weighted by molar-refractivity contribution is 0.0318. The van der Waals surface area contributed by atoms with Gasteiger partial charge < -0.3 is 15.2 Å². The first-order valence-electron chi connectivity index (χ1n) is 7.13. The maximum Gasteiger partial charge on any atom is 0.0945 e. The summed E-state index contributed by atoms with van der Waals surface area (Å²) >= 11 is 0. The summed E-state index contributed by atoms with van der Waals surface area (Å²) in [5.41, 5.74) is 1.02. The van der Waals surface area contributed by atoms with E-state index in [4.69, 9.17) is 4.74 Å². The fourth-order valence-corrected chi connectivity index (χ4v) is 2.03. The molecular weight excluding hydrogens is 250 g/mol. The van der Waals surface area contributed by atoms with E-state index in [-0.39, 0.29) is 0 Å². The van der Waals surface area contributed by atoms with Crippen LogP contribution in [0, 0.1) is 5.92 Å². The molecule has 0 bridgehead atoms. The number of benzene rings is 2. The fourth-order valence-electron chi connectivity index (χ4n) is 2.03. The molecule has 0 heterocycles. The fraction of sp³-hybridized carbons (Fsp3) is 0.412. The summed E-state index contributed by atoms with van der Waals surface area (Å²) in [5, 5.41) is 15.5. The lowest BCUT2D eigenvalue weighted by atomic mass is 10.1. The van der Waals surface area contributed by atoms with E-state index in [0.717, 1.165) is 5.69 Å². The lowest BCUT2D eigenvalue weighted by Crippen LogP contribution is -2.25. The van der Waals surface area contributed by atoms with E-state index in [1.165, 1.54) is 10.8 Å². The molecule has 0 amide bonds. The zero-order valence-electron chi connectivity index (χ0n) is 12.2. The predicted octanol–water partition coefficient (Wildman–Crippen LogP) is 3.29. The van der Waals surface area contributed by atoms with Crippen molar-refractivity contribution in [3.05, 3.63) is 42.5 Å².